The molecule has 1 aliphatic carbocycles. The van der Waals surface area contributed by atoms with Gasteiger partial charge in [-0.3, -0.25) is 0 Å². The molecule has 0 radical (unpaired) electrons. The van der Waals surface area contributed by atoms with Crippen LogP contribution in [0.25, 0.3) is 0 Å². The number of hydrogen-bond acceptors (Lipinski definition) is 2. The van der Waals surface area contributed by atoms with Gasteiger partial charge >= 0.3 is 0 Å². The van der Waals surface area contributed by atoms with Gasteiger partial charge in [0.15, 0.2) is 0 Å². The third kappa shape index (κ3) is 4.16. The third-order valence-electron chi connectivity index (χ3n) is 4.42. The van der Waals surface area contributed by atoms with Crippen molar-refractivity contribution in [2.75, 3.05) is 6.54 Å². The summed E-state index contributed by atoms with van der Waals surface area (Å²) in [4.78, 5) is 0. The molecule has 1 aromatic heterocycles. The Labute approximate surface area is 111 Å². The van der Waals surface area contributed by atoms with E-state index in [1.807, 2.05) is 6.07 Å². The van der Waals surface area contributed by atoms with Crippen molar-refractivity contribution in [3.05, 3.63) is 24.2 Å². The molecule has 3 unspecified atom stereocenters. The van der Waals surface area contributed by atoms with Crippen LogP contribution in [0.15, 0.2) is 22.8 Å². The fraction of sp³-hybridized carbons (Fsp3) is 0.750. The van der Waals surface area contributed by atoms with E-state index in [4.69, 9.17) is 4.42 Å². The van der Waals surface area contributed by atoms with Gasteiger partial charge in [0.2, 0.25) is 0 Å². The van der Waals surface area contributed by atoms with E-state index in [-0.39, 0.29) is 0 Å². The number of hydrogen-bond donors (Lipinski definition) is 1. The standard InChI is InChI=1S/C16H27NO/c1-13-6-3-4-7-15(13)12-17-14(2)9-10-16-8-5-11-18-16/h5,8,11,13-15,17H,3-4,6-7,9-10,12H2,1-2H3. The molecular weight excluding hydrogens is 222 g/mol. The molecule has 0 aromatic carbocycles. The summed E-state index contributed by atoms with van der Waals surface area (Å²) in [7, 11) is 0. The van der Waals surface area contributed by atoms with Crippen molar-refractivity contribution in [1.29, 1.82) is 0 Å². The Morgan fingerprint density at radius 2 is 2.22 bits per heavy atom. The highest BCUT2D eigenvalue weighted by molar-refractivity contribution is 4.98. The fourth-order valence-corrected chi connectivity index (χ4v) is 2.96. The minimum absolute atomic E-state index is 0.587. The summed E-state index contributed by atoms with van der Waals surface area (Å²) in [6, 6.07) is 4.62. The van der Waals surface area contributed by atoms with Crippen molar-refractivity contribution in [1.82, 2.24) is 5.32 Å². The van der Waals surface area contributed by atoms with Crippen LogP contribution >= 0.6 is 0 Å². The van der Waals surface area contributed by atoms with Crippen LogP contribution in [-0.4, -0.2) is 12.6 Å². The molecule has 1 saturated carbocycles. The summed E-state index contributed by atoms with van der Waals surface area (Å²) in [5, 5.41) is 3.70. The molecule has 2 rings (SSSR count). The molecule has 3 atom stereocenters. The van der Waals surface area contributed by atoms with Crippen LogP contribution in [-0.2, 0) is 6.42 Å². The Balaban J connectivity index is 1.63. The number of rotatable bonds is 6. The summed E-state index contributed by atoms with van der Waals surface area (Å²) >= 11 is 0. The van der Waals surface area contributed by atoms with E-state index in [2.05, 4.69) is 25.2 Å². The molecule has 0 amide bonds. The van der Waals surface area contributed by atoms with E-state index in [9.17, 15) is 0 Å². The van der Waals surface area contributed by atoms with Crippen LogP contribution in [0.5, 0.6) is 0 Å². The molecule has 0 saturated heterocycles. The lowest BCUT2D eigenvalue weighted by Gasteiger charge is -2.30. The largest absolute Gasteiger partial charge is 0.469 e. The van der Waals surface area contributed by atoms with Gasteiger partial charge in [-0.2, -0.15) is 0 Å². The highest BCUT2D eigenvalue weighted by atomic mass is 16.3. The van der Waals surface area contributed by atoms with Gasteiger partial charge in [-0.1, -0.05) is 26.2 Å². The van der Waals surface area contributed by atoms with Gasteiger partial charge in [-0.25, -0.2) is 0 Å². The smallest absolute Gasteiger partial charge is 0.103 e. The van der Waals surface area contributed by atoms with Crippen LogP contribution in [0.3, 0.4) is 0 Å². The first-order valence-corrected chi connectivity index (χ1v) is 7.51. The third-order valence-corrected chi connectivity index (χ3v) is 4.42. The maximum absolute atomic E-state index is 5.37. The molecule has 1 fully saturated rings. The minimum Gasteiger partial charge on any atom is -0.469 e. The average molecular weight is 249 g/mol. The zero-order valence-electron chi connectivity index (χ0n) is 11.8. The van der Waals surface area contributed by atoms with Crippen molar-refractivity contribution in [3.8, 4) is 0 Å². The van der Waals surface area contributed by atoms with Crippen molar-refractivity contribution < 1.29 is 4.42 Å². The van der Waals surface area contributed by atoms with Crippen molar-refractivity contribution >= 4 is 0 Å². The van der Waals surface area contributed by atoms with E-state index < -0.39 is 0 Å². The number of furan rings is 1. The Kier molecular flexibility index (Phi) is 5.30. The zero-order chi connectivity index (χ0) is 12.8. The van der Waals surface area contributed by atoms with Gasteiger partial charge in [0.1, 0.15) is 5.76 Å². The normalized spacial score (nSPS) is 26.1. The Morgan fingerprint density at radius 1 is 1.39 bits per heavy atom. The van der Waals surface area contributed by atoms with Crippen LogP contribution in [0.1, 0.15) is 51.7 Å². The lowest BCUT2D eigenvalue weighted by Crippen LogP contribution is -2.35. The van der Waals surface area contributed by atoms with E-state index in [0.29, 0.717) is 6.04 Å². The highest BCUT2D eigenvalue weighted by Gasteiger charge is 2.21. The van der Waals surface area contributed by atoms with Crippen LogP contribution in [0.2, 0.25) is 0 Å². The van der Waals surface area contributed by atoms with Gasteiger partial charge in [0.05, 0.1) is 6.26 Å². The molecule has 2 nitrogen and oxygen atoms in total. The summed E-state index contributed by atoms with van der Waals surface area (Å²) in [5.74, 6) is 2.91. The summed E-state index contributed by atoms with van der Waals surface area (Å²) in [5.41, 5.74) is 0. The van der Waals surface area contributed by atoms with E-state index in [1.54, 1.807) is 6.26 Å². The lowest BCUT2D eigenvalue weighted by molar-refractivity contribution is 0.240. The van der Waals surface area contributed by atoms with Gasteiger partial charge < -0.3 is 9.73 Å². The van der Waals surface area contributed by atoms with Gasteiger partial charge in [0, 0.05) is 12.5 Å². The topological polar surface area (TPSA) is 25.2 Å². The first kappa shape index (κ1) is 13.7. The molecular formula is C16H27NO. The molecule has 102 valence electrons. The number of aryl methyl sites for hydroxylation is 1. The summed E-state index contributed by atoms with van der Waals surface area (Å²) in [6.07, 6.45) is 9.67. The molecule has 1 heterocycles. The minimum atomic E-state index is 0.587. The van der Waals surface area contributed by atoms with Crippen molar-refractivity contribution in [2.45, 2.75) is 58.4 Å². The van der Waals surface area contributed by atoms with E-state index >= 15 is 0 Å². The van der Waals surface area contributed by atoms with Gasteiger partial charge in [-0.05, 0) is 50.3 Å². The molecule has 2 heteroatoms. The molecule has 1 N–H and O–H groups in total. The monoisotopic (exact) mass is 249 g/mol. The lowest BCUT2D eigenvalue weighted by atomic mass is 9.80. The molecule has 1 aromatic rings. The molecule has 0 aliphatic heterocycles. The second kappa shape index (κ2) is 6.98. The highest BCUT2D eigenvalue weighted by Crippen LogP contribution is 2.28. The maximum atomic E-state index is 5.37. The average Bonchev–Trinajstić information content (AvgIpc) is 2.88. The van der Waals surface area contributed by atoms with Gasteiger partial charge in [0.25, 0.3) is 0 Å². The van der Waals surface area contributed by atoms with E-state index in [0.717, 1.165) is 30.4 Å². The zero-order valence-corrected chi connectivity index (χ0v) is 11.8. The summed E-state index contributed by atoms with van der Waals surface area (Å²) < 4.78 is 5.37. The Bertz CT molecular complexity index is 320. The molecule has 18 heavy (non-hydrogen) atoms. The maximum Gasteiger partial charge on any atom is 0.103 e. The molecule has 1 aliphatic rings. The van der Waals surface area contributed by atoms with Crippen LogP contribution < -0.4 is 5.32 Å². The van der Waals surface area contributed by atoms with Crippen molar-refractivity contribution in [2.24, 2.45) is 11.8 Å². The van der Waals surface area contributed by atoms with Crippen molar-refractivity contribution in [3.63, 3.8) is 0 Å². The second-order valence-electron chi connectivity index (χ2n) is 5.95. The Morgan fingerprint density at radius 3 is 2.94 bits per heavy atom. The predicted octanol–water partition coefficient (Wildman–Crippen LogP) is 4.02. The number of nitrogens with one attached hydrogen (secondary N) is 1. The van der Waals surface area contributed by atoms with E-state index in [1.165, 1.54) is 32.2 Å². The first-order valence-electron chi connectivity index (χ1n) is 7.51. The van der Waals surface area contributed by atoms with Gasteiger partial charge in [-0.15, -0.1) is 0 Å². The first-order chi connectivity index (χ1) is 8.75. The fourth-order valence-electron chi connectivity index (χ4n) is 2.96. The quantitative estimate of drug-likeness (QED) is 0.824. The van der Waals surface area contributed by atoms with Crippen LogP contribution in [0, 0.1) is 11.8 Å². The van der Waals surface area contributed by atoms with Crippen LogP contribution in [0.4, 0.5) is 0 Å². The predicted molar refractivity (Wildman–Crippen MR) is 75.6 cm³/mol. The Hall–Kier alpha value is -0.760. The molecule has 0 bridgehead atoms. The SMILES string of the molecule is CC(CCc1ccco1)NCC1CCCCC1C. The molecule has 0 spiro atoms. The summed E-state index contributed by atoms with van der Waals surface area (Å²) in [6.45, 7) is 5.90. The second-order valence-corrected chi connectivity index (χ2v) is 5.95.